The Kier molecular flexibility index (Phi) is 6.70. The van der Waals surface area contributed by atoms with Gasteiger partial charge in [-0.3, -0.25) is 0 Å². The number of hydrogen-bond acceptors (Lipinski definition) is 4. The molecule has 0 aromatic rings. The quantitative estimate of drug-likeness (QED) is 0.552. The highest BCUT2D eigenvalue weighted by atomic mass is 28.4. The predicted octanol–water partition coefficient (Wildman–Crippen LogP) is 4.04. The third kappa shape index (κ3) is 4.70. The Morgan fingerprint density at radius 1 is 1.17 bits per heavy atom. The minimum absolute atomic E-state index is 0.0549. The molecule has 0 aliphatic carbocycles. The summed E-state index contributed by atoms with van der Waals surface area (Å²) in [5.74, 6) is 0. The fraction of sp³-hybridized carbons (Fsp3) is 0.895. The average molecular weight is 357 g/mol. The fourth-order valence-corrected chi connectivity index (χ4v) is 4.60. The van der Waals surface area contributed by atoms with Crippen LogP contribution < -0.4 is 0 Å². The molecule has 140 valence electrons. The van der Waals surface area contributed by atoms with Gasteiger partial charge >= 0.3 is 0 Å². The fourth-order valence-electron chi connectivity index (χ4n) is 3.25. The van der Waals surface area contributed by atoms with E-state index in [4.69, 9.17) is 13.9 Å². The van der Waals surface area contributed by atoms with E-state index in [-0.39, 0.29) is 42.2 Å². The Morgan fingerprint density at radius 3 is 2.38 bits per heavy atom. The lowest BCUT2D eigenvalue weighted by molar-refractivity contribution is -0.0289. The zero-order chi connectivity index (χ0) is 18.0. The maximum absolute atomic E-state index is 9.27. The lowest BCUT2D eigenvalue weighted by atomic mass is 10.0. The zero-order valence-corrected chi connectivity index (χ0v) is 17.2. The van der Waals surface area contributed by atoms with E-state index in [0.717, 1.165) is 25.7 Å². The van der Waals surface area contributed by atoms with Gasteiger partial charge in [0.15, 0.2) is 8.32 Å². The van der Waals surface area contributed by atoms with Crippen molar-refractivity contribution in [2.24, 2.45) is 0 Å². The van der Waals surface area contributed by atoms with Gasteiger partial charge in [0, 0.05) is 12.8 Å². The maximum atomic E-state index is 9.27. The Hall–Kier alpha value is -0.203. The van der Waals surface area contributed by atoms with Crippen LogP contribution >= 0.6 is 0 Å². The van der Waals surface area contributed by atoms with Crippen molar-refractivity contribution in [3.05, 3.63) is 12.2 Å². The molecule has 2 rings (SSSR count). The van der Waals surface area contributed by atoms with Gasteiger partial charge in [-0.1, -0.05) is 39.8 Å². The Morgan fingerprint density at radius 2 is 1.83 bits per heavy atom. The van der Waals surface area contributed by atoms with E-state index >= 15 is 0 Å². The molecule has 5 heteroatoms. The second-order valence-corrected chi connectivity index (χ2v) is 13.5. The van der Waals surface area contributed by atoms with Gasteiger partial charge in [-0.25, -0.2) is 0 Å². The van der Waals surface area contributed by atoms with Gasteiger partial charge in [0.1, 0.15) is 0 Å². The Bertz CT molecular complexity index is 416. The normalized spacial score (nSPS) is 32.5. The molecule has 0 amide bonds. The van der Waals surface area contributed by atoms with E-state index in [0.29, 0.717) is 0 Å². The smallest absolute Gasteiger partial charge is 0.192 e. The number of hydrogen-bond donors (Lipinski definition) is 1. The first-order chi connectivity index (χ1) is 11.2. The number of fused-ring (bicyclic) bond motifs is 1. The van der Waals surface area contributed by atoms with Gasteiger partial charge in [-0.05, 0) is 31.0 Å². The molecule has 4 nitrogen and oxygen atoms in total. The van der Waals surface area contributed by atoms with Crippen LogP contribution in [0.1, 0.15) is 53.4 Å². The molecule has 2 aliphatic heterocycles. The molecule has 5 atom stereocenters. The lowest BCUT2D eigenvalue weighted by Gasteiger charge is -2.40. The lowest BCUT2D eigenvalue weighted by Crippen LogP contribution is -2.47. The molecule has 0 aromatic carbocycles. The molecule has 0 saturated carbocycles. The molecular weight excluding hydrogens is 320 g/mol. The van der Waals surface area contributed by atoms with E-state index in [2.05, 4.69) is 52.9 Å². The number of aliphatic hydroxyl groups is 1. The molecule has 0 spiro atoms. The summed E-state index contributed by atoms with van der Waals surface area (Å²) in [6.07, 6.45) is 8.42. The van der Waals surface area contributed by atoms with E-state index < -0.39 is 8.32 Å². The molecule has 0 radical (unpaired) electrons. The van der Waals surface area contributed by atoms with Crippen LogP contribution in [0.3, 0.4) is 0 Å². The van der Waals surface area contributed by atoms with Crippen LogP contribution in [0.2, 0.25) is 18.1 Å². The van der Waals surface area contributed by atoms with Crippen LogP contribution in [-0.2, 0) is 13.9 Å². The minimum atomic E-state index is -1.85. The molecule has 2 heterocycles. The van der Waals surface area contributed by atoms with Crippen LogP contribution in [0, 0.1) is 0 Å². The number of allylic oxidation sites excluding steroid dienone is 1. The Balaban J connectivity index is 2.04. The van der Waals surface area contributed by atoms with Crippen LogP contribution in [-0.4, -0.2) is 50.6 Å². The minimum Gasteiger partial charge on any atom is -0.411 e. The van der Waals surface area contributed by atoms with Crippen LogP contribution in [0.15, 0.2) is 12.2 Å². The second-order valence-electron chi connectivity index (χ2n) is 8.70. The van der Waals surface area contributed by atoms with Crippen molar-refractivity contribution < 1.29 is 19.0 Å². The van der Waals surface area contributed by atoms with E-state index in [1.807, 2.05) is 0 Å². The van der Waals surface area contributed by atoms with Crippen LogP contribution in [0.5, 0.6) is 0 Å². The van der Waals surface area contributed by atoms with Gasteiger partial charge in [-0.15, -0.1) is 0 Å². The molecule has 0 bridgehead atoms. The number of rotatable bonds is 7. The summed E-state index contributed by atoms with van der Waals surface area (Å²) in [5, 5.41) is 9.46. The van der Waals surface area contributed by atoms with Crippen molar-refractivity contribution in [1.82, 2.24) is 0 Å². The first kappa shape index (κ1) is 20.1. The highest BCUT2D eigenvalue weighted by Crippen LogP contribution is 2.41. The Labute approximate surface area is 148 Å². The second kappa shape index (κ2) is 8.00. The van der Waals surface area contributed by atoms with Gasteiger partial charge < -0.3 is 19.0 Å². The molecule has 2 aliphatic rings. The SMILES string of the molecule is CC/C=C/C[C@H](O[Si](C)(C)C(C)(C)C)[C@H]1C[C@H]2O[C@H](CO)C[C@H]2O1. The van der Waals surface area contributed by atoms with Crippen molar-refractivity contribution in [2.45, 2.75) is 102 Å². The third-order valence-electron chi connectivity index (χ3n) is 5.73. The van der Waals surface area contributed by atoms with E-state index in [1.165, 1.54) is 0 Å². The molecule has 2 fully saturated rings. The summed E-state index contributed by atoms with van der Waals surface area (Å²) >= 11 is 0. The molecule has 1 N–H and O–H groups in total. The van der Waals surface area contributed by atoms with Gasteiger partial charge in [0.05, 0.1) is 37.1 Å². The van der Waals surface area contributed by atoms with Gasteiger partial charge in [-0.2, -0.15) is 0 Å². The van der Waals surface area contributed by atoms with Gasteiger partial charge in [0.2, 0.25) is 0 Å². The molecular formula is C19H36O4Si. The first-order valence-corrected chi connectivity index (χ1v) is 12.3. The summed E-state index contributed by atoms with van der Waals surface area (Å²) in [5.41, 5.74) is 0. The molecule has 2 saturated heterocycles. The zero-order valence-electron chi connectivity index (χ0n) is 16.2. The first-order valence-electron chi connectivity index (χ1n) is 9.42. The van der Waals surface area contributed by atoms with E-state index in [1.54, 1.807) is 0 Å². The van der Waals surface area contributed by atoms with Crippen molar-refractivity contribution in [3.63, 3.8) is 0 Å². The summed E-state index contributed by atoms with van der Waals surface area (Å²) in [4.78, 5) is 0. The molecule has 24 heavy (non-hydrogen) atoms. The van der Waals surface area contributed by atoms with Gasteiger partial charge in [0.25, 0.3) is 0 Å². The maximum Gasteiger partial charge on any atom is 0.192 e. The summed E-state index contributed by atoms with van der Waals surface area (Å²) in [6, 6.07) is 0. The van der Waals surface area contributed by atoms with Crippen molar-refractivity contribution in [3.8, 4) is 0 Å². The molecule has 0 aromatic heterocycles. The summed E-state index contributed by atoms with van der Waals surface area (Å²) < 4.78 is 18.9. The van der Waals surface area contributed by atoms with Crippen molar-refractivity contribution in [1.29, 1.82) is 0 Å². The summed E-state index contributed by atoms with van der Waals surface area (Å²) in [6.45, 7) is 13.7. The van der Waals surface area contributed by atoms with Crippen molar-refractivity contribution >= 4 is 8.32 Å². The van der Waals surface area contributed by atoms with Crippen LogP contribution in [0.25, 0.3) is 0 Å². The molecule has 0 unspecified atom stereocenters. The standard InChI is InChI=1S/C19H36O4Si/c1-7-8-9-10-15(23-24(5,6)19(2,3)4)17-12-18-16(22-17)11-14(13-20)21-18/h8-9,14-18,20H,7,10-13H2,1-6H3/b9-8+/t14-,15-,16+,17+,18+/m0/s1. The highest BCUT2D eigenvalue weighted by Gasteiger charge is 2.48. The summed E-state index contributed by atoms with van der Waals surface area (Å²) in [7, 11) is -1.85. The number of ether oxygens (including phenoxy) is 2. The van der Waals surface area contributed by atoms with Crippen LogP contribution in [0.4, 0.5) is 0 Å². The predicted molar refractivity (Wildman–Crippen MR) is 99.8 cm³/mol. The third-order valence-corrected chi connectivity index (χ3v) is 10.2. The largest absolute Gasteiger partial charge is 0.411 e. The topological polar surface area (TPSA) is 47.9 Å². The van der Waals surface area contributed by atoms with Crippen molar-refractivity contribution in [2.75, 3.05) is 6.61 Å². The number of aliphatic hydroxyl groups excluding tert-OH is 1. The van der Waals surface area contributed by atoms with E-state index in [9.17, 15) is 5.11 Å². The average Bonchev–Trinajstić information content (AvgIpc) is 3.03. The highest BCUT2D eigenvalue weighted by molar-refractivity contribution is 6.74. The monoisotopic (exact) mass is 356 g/mol.